The van der Waals surface area contributed by atoms with E-state index in [2.05, 4.69) is 22.9 Å². The fraction of sp³-hybridized carbons (Fsp3) is 0.538. The van der Waals surface area contributed by atoms with Gasteiger partial charge in [-0.2, -0.15) is 0 Å². The number of ether oxygens (including phenoxy) is 2. The lowest BCUT2D eigenvalue weighted by molar-refractivity contribution is 0.201. The molecule has 1 atom stereocenters. The highest BCUT2D eigenvalue weighted by Crippen LogP contribution is 2.37. The molecule has 0 aliphatic rings. The van der Waals surface area contributed by atoms with E-state index >= 15 is 0 Å². The number of aliphatic hydroxyl groups excluding tert-OH is 1. The summed E-state index contributed by atoms with van der Waals surface area (Å²) < 4.78 is 12.2. The van der Waals surface area contributed by atoms with Crippen LogP contribution in [-0.4, -0.2) is 17.8 Å². The molecule has 1 aromatic rings. The van der Waals surface area contributed by atoms with E-state index in [-0.39, 0.29) is 12.7 Å². The Morgan fingerprint density at radius 1 is 1.35 bits per heavy atom. The molecule has 4 heteroatoms. The summed E-state index contributed by atoms with van der Waals surface area (Å²) in [5.74, 6) is 1.38. The molecule has 3 nitrogen and oxygen atoms in total. The van der Waals surface area contributed by atoms with Crippen molar-refractivity contribution in [2.45, 2.75) is 39.9 Å². The van der Waals surface area contributed by atoms with Gasteiger partial charge in [0, 0.05) is 0 Å². The zero-order valence-electron chi connectivity index (χ0n) is 10.5. The fourth-order valence-corrected chi connectivity index (χ4v) is 1.96. The van der Waals surface area contributed by atoms with Gasteiger partial charge in [-0.1, -0.05) is 6.92 Å². The fourth-order valence-electron chi connectivity index (χ4n) is 1.37. The highest BCUT2D eigenvalue weighted by atomic mass is 79.9. The summed E-state index contributed by atoms with van der Waals surface area (Å²) in [7, 11) is 0. The van der Waals surface area contributed by atoms with Gasteiger partial charge in [0.15, 0.2) is 11.5 Å². The van der Waals surface area contributed by atoms with Crippen molar-refractivity contribution in [1.29, 1.82) is 0 Å². The molecule has 0 aliphatic carbocycles. The number of benzene rings is 1. The second kappa shape index (κ2) is 6.87. The van der Waals surface area contributed by atoms with Gasteiger partial charge in [-0.3, -0.25) is 0 Å². The van der Waals surface area contributed by atoms with E-state index < -0.39 is 0 Å². The van der Waals surface area contributed by atoms with Crippen LogP contribution in [0.25, 0.3) is 0 Å². The van der Waals surface area contributed by atoms with Gasteiger partial charge in [0.2, 0.25) is 0 Å². The van der Waals surface area contributed by atoms with Gasteiger partial charge < -0.3 is 14.6 Å². The molecule has 0 unspecified atom stereocenters. The topological polar surface area (TPSA) is 38.7 Å². The molecule has 0 amide bonds. The van der Waals surface area contributed by atoms with Gasteiger partial charge >= 0.3 is 0 Å². The van der Waals surface area contributed by atoms with E-state index in [0.717, 1.165) is 16.5 Å². The van der Waals surface area contributed by atoms with Crippen LogP contribution in [0.4, 0.5) is 0 Å². The Labute approximate surface area is 111 Å². The third-order valence-corrected chi connectivity index (χ3v) is 3.03. The molecule has 0 radical (unpaired) electrons. The average molecular weight is 303 g/mol. The largest absolute Gasteiger partial charge is 0.490 e. The lowest BCUT2D eigenvalue weighted by Crippen LogP contribution is -2.11. The minimum atomic E-state index is -0.0116. The predicted octanol–water partition coefficient (Wildman–Crippen LogP) is 3.52. The summed E-state index contributed by atoms with van der Waals surface area (Å²) in [5, 5.41) is 9.16. The number of hydrogen-bond donors (Lipinski definition) is 1. The van der Waals surface area contributed by atoms with Crippen LogP contribution in [0.15, 0.2) is 16.6 Å². The third-order valence-electron chi connectivity index (χ3n) is 2.45. The van der Waals surface area contributed by atoms with E-state index in [0.29, 0.717) is 18.1 Å². The molecular weight excluding hydrogens is 284 g/mol. The Morgan fingerprint density at radius 2 is 2.06 bits per heavy atom. The van der Waals surface area contributed by atoms with Crippen LogP contribution < -0.4 is 9.47 Å². The van der Waals surface area contributed by atoms with Gasteiger partial charge in [-0.15, -0.1) is 0 Å². The second-order valence-corrected chi connectivity index (χ2v) is 4.69. The molecule has 0 fully saturated rings. The van der Waals surface area contributed by atoms with Crippen LogP contribution >= 0.6 is 15.9 Å². The van der Waals surface area contributed by atoms with Crippen molar-refractivity contribution in [1.82, 2.24) is 0 Å². The van der Waals surface area contributed by atoms with Crippen molar-refractivity contribution in [3.05, 3.63) is 22.2 Å². The van der Waals surface area contributed by atoms with Crippen LogP contribution in [0.1, 0.15) is 32.8 Å². The van der Waals surface area contributed by atoms with Crippen molar-refractivity contribution in [3.8, 4) is 11.5 Å². The first kappa shape index (κ1) is 14.3. The number of halogens is 1. The van der Waals surface area contributed by atoms with Crippen molar-refractivity contribution < 1.29 is 14.6 Å². The maximum Gasteiger partial charge on any atom is 0.175 e. The highest BCUT2D eigenvalue weighted by Gasteiger charge is 2.14. The molecule has 96 valence electrons. The molecule has 0 aliphatic heterocycles. The minimum absolute atomic E-state index is 0.0116. The lowest BCUT2D eigenvalue weighted by atomic mass is 10.2. The summed E-state index contributed by atoms with van der Waals surface area (Å²) in [4.78, 5) is 0. The Bertz CT molecular complexity index is 366. The van der Waals surface area contributed by atoms with Crippen molar-refractivity contribution in [2.75, 3.05) is 6.61 Å². The molecular formula is C13H19BrO3. The molecule has 0 heterocycles. The lowest BCUT2D eigenvalue weighted by Gasteiger charge is -2.18. The third kappa shape index (κ3) is 3.89. The normalized spacial score (nSPS) is 12.3. The second-order valence-electron chi connectivity index (χ2n) is 3.83. The van der Waals surface area contributed by atoms with Crippen molar-refractivity contribution in [2.24, 2.45) is 0 Å². The molecule has 1 N–H and O–H groups in total. The number of rotatable bonds is 6. The van der Waals surface area contributed by atoms with Gasteiger partial charge in [0.05, 0.1) is 23.8 Å². The van der Waals surface area contributed by atoms with E-state index in [4.69, 9.17) is 14.6 Å². The first-order valence-corrected chi connectivity index (χ1v) is 6.64. The maximum atomic E-state index is 9.16. The molecule has 0 saturated heterocycles. The van der Waals surface area contributed by atoms with Crippen LogP contribution in [0.2, 0.25) is 0 Å². The van der Waals surface area contributed by atoms with Crippen molar-refractivity contribution in [3.63, 3.8) is 0 Å². The summed E-state index contributed by atoms with van der Waals surface area (Å²) in [5.41, 5.74) is 0.803. The van der Waals surface area contributed by atoms with E-state index in [9.17, 15) is 0 Å². The molecule has 0 bridgehead atoms. The van der Waals surface area contributed by atoms with Gasteiger partial charge in [-0.05, 0) is 53.9 Å². The minimum Gasteiger partial charge on any atom is -0.490 e. The Hall–Kier alpha value is -0.740. The molecule has 17 heavy (non-hydrogen) atoms. The average Bonchev–Trinajstić information content (AvgIpc) is 2.33. The van der Waals surface area contributed by atoms with Gasteiger partial charge in [0.1, 0.15) is 0 Å². The summed E-state index contributed by atoms with van der Waals surface area (Å²) in [6.45, 7) is 6.57. The van der Waals surface area contributed by atoms with E-state index in [1.54, 1.807) is 0 Å². The number of hydrogen-bond acceptors (Lipinski definition) is 3. The van der Waals surface area contributed by atoms with Crippen molar-refractivity contribution >= 4 is 15.9 Å². The molecule has 0 spiro atoms. The Morgan fingerprint density at radius 3 is 2.59 bits per heavy atom. The standard InChI is InChI=1S/C13H19BrO3/c1-4-9(3)17-13-11(14)6-10(8-15)7-12(13)16-5-2/h6-7,9,15H,4-5,8H2,1-3H3/t9-/m1/s1. The SMILES string of the molecule is CCOc1cc(CO)cc(Br)c1O[C@H](C)CC. The van der Waals surface area contributed by atoms with E-state index in [1.807, 2.05) is 26.0 Å². The molecule has 1 aromatic carbocycles. The summed E-state index contributed by atoms with van der Waals surface area (Å²) >= 11 is 3.45. The molecule has 0 aromatic heterocycles. The van der Waals surface area contributed by atoms with Crippen LogP contribution in [0, 0.1) is 0 Å². The zero-order chi connectivity index (χ0) is 12.8. The highest BCUT2D eigenvalue weighted by molar-refractivity contribution is 9.10. The van der Waals surface area contributed by atoms with Gasteiger partial charge in [-0.25, -0.2) is 0 Å². The predicted molar refractivity (Wildman–Crippen MR) is 71.6 cm³/mol. The Kier molecular flexibility index (Phi) is 5.78. The van der Waals surface area contributed by atoms with Gasteiger partial charge in [0.25, 0.3) is 0 Å². The first-order chi connectivity index (χ1) is 8.12. The quantitative estimate of drug-likeness (QED) is 0.874. The molecule has 1 rings (SSSR count). The summed E-state index contributed by atoms with van der Waals surface area (Å²) in [6, 6.07) is 3.66. The van der Waals surface area contributed by atoms with Crippen LogP contribution in [0.3, 0.4) is 0 Å². The summed E-state index contributed by atoms with van der Waals surface area (Å²) in [6.07, 6.45) is 1.06. The van der Waals surface area contributed by atoms with Crippen LogP contribution in [-0.2, 0) is 6.61 Å². The zero-order valence-corrected chi connectivity index (χ0v) is 12.1. The smallest absolute Gasteiger partial charge is 0.175 e. The Balaban J connectivity index is 3.07. The molecule has 0 saturated carbocycles. The maximum absolute atomic E-state index is 9.16. The van der Waals surface area contributed by atoms with E-state index in [1.165, 1.54) is 0 Å². The first-order valence-electron chi connectivity index (χ1n) is 5.85. The monoisotopic (exact) mass is 302 g/mol. The van der Waals surface area contributed by atoms with Crippen LogP contribution in [0.5, 0.6) is 11.5 Å². The number of aliphatic hydroxyl groups is 1.